The molecule has 4 rings (SSSR count). The molecule has 0 aromatic heterocycles. The van der Waals surface area contributed by atoms with E-state index in [4.69, 9.17) is 0 Å². The van der Waals surface area contributed by atoms with Crippen LogP contribution >= 0.6 is 0 Å². The first-order chi connectivity index (χ1) is 13.6. The summed E-state index contributed by atoms with van der Waals surface area (Å²) in [5, 5.41) is 0. The van der Waals surface area contributed by atoms with E-state index in [1.807, 2.05) is 55.4 Å². The fourth-order valence-corrected chi connectivity index (χ4v) is 7.27. The van der Waals surface area contributed by atoms with E-state index in [0.717, 1.165) is 41.4 Å². The molecule has 4 aliphatic rings. The Kier molecular flexibility index (Phi) is 14.1. The molecule has 0 heteroatoms. The third-order valence-corrected chi connectivity index (χ3v) is 8.51. The van der Waals surface area contributed by atoms with Gasteiger partial charge in [0.15, 0.2) is 0 Å². The van der Waals surface area contributed by atoms with Gasteiger partial charge in [-0.25, -0.2) is 0 Å². The Bertz CT molecular complexity index is 368. The predicted octanol–water partition coefficient (Wildman–Crippen LogP) is 10.0. The van der Waals surface area contributed by atoms with Crippen molar-refractivity contribution >= 4 is 0 Å². The summed E-state index contributed by atoms with van der Waals surface area (Å²) in [6, 6.07) is 0. The Labute approximate surface area is 181 Å². The van der Waals surface area contributed by atoms with Crippen LogP contribution in [0.5, 0.6) is 0 Å². The van der Waals surface area contributed by atoms with Crippen LogP contribution in [0.1, 0.15) is 134 Å². The summed E-state index contributed by atoms with van der Waals surface area (Å²) < 4.78 is 0. The molecule has 0 heterocycles. The first-order valence-electron chi connectivity index (χ1n) is 13.6. The fourth-order valence-electron chi connectivity index (χ4n) is 7.27. The van der Waals surface area contributed by atoms with Gasteiger partial charge in [0, 0.05) is 0 Å². The third-order valence-electron chi connectivity index (χ3n) is 8.51. The van der Waals surface area contributed by atoms with Gasteiger partial charge < -0.3 is 0 Å². The highest BCUT2D eigenvalue weighted by Crippen LogP contribution is 2.62. The van der Waals surface area contributed by atoms with E-state index in [1.165, 1.54) is 12.8 Å². The second-order valence-electron chi connectivity index (χ2n) is 9.50. The summed E-state index contributed by atoms with van der Waals surface area (Å²) in [4.78, 5) is 0. The Balaban J connectivity index is 0.000000818. The normalized spacial score (nSPS) is 39.3. The third kappa shape index (κ3) is 6.01. The van der Waals surface area contributed by atoms with Crippen molar-refractivity contribution in [2.24, 2.45) is 46.8 Å². The standard InChI is InChI=1S/C20H34.4C2H6/c1-13-15-10-11-17-16-7-5-4-6-14(16)8-9-18(17)19(15)12-20(13,2)3;4*1-2/h13-19H,4-12H2,1-3H3;4*1-2H3. The van der Waals surface area contributed by atoms with Gasteiger partial charge in [0.25, 0.3) is 0 Å². The van der Waals surface area contributed by atoms with Crippen LogP contribution in [-0.4, -0.2) is 0 Å². The van der Waals surface area contributed by atoms with Crippen molar-refractivity contribution in [1.82, 2.24) is 0 Å². The SMILES string of the molecule is CC.CC.CC.CC.CC1C2CCC3C4CCCCC4CCC3C2CC1(C)C. The average molecular weight is 395 g/mol. The van der Waals surface area contributed by atoms with Crippen LogP contribution in [0.2, 0.25) is 0 Å². The van der Waals surface area contributed by atoms with Crippen LogP contribution < -0.4 is 0 Å². The van der Waals surface area contributed by atoms with Crippen LogP contribution in [0.3, 0.4) is 0 Å². The molecule has 4 aliphatic carbocycles. The van der Waals surface area contributed by atoms with Gasteiger partial charge in [0.1, 0.15) is 0 Å². The number of hydrogen-bond donors (Lipinski definition) is 0. The first kappa shape index (κ1) is 28.0. The minimum absolute atomic E-state index is 0.619. The molecule has 4 saturated carbocycles. The van der Waals surface area contributed by atoms with Crippen molar-refractivity contribution < 1.29 is 0 Å². The zero-order chi connectivity index (χ0) is 21.9. The van der Waals surface area contributed by atoms with Crippen molar-refractivity contribution in [2.45, 2.75) is 134 Å². The van der Waals surface area contributed by atoms with E-state index in [-0.39, 0.29) is 0 Å². The molecular formula is C28H58. The van der Waals surface area contributed by atoms with Gasteiger partial charge >= 0.3 is 0 Å². The second kappa shape index (κ2) is 14.1. The highest BCUT2D eigenvalue weighted by molar-refractivity contribution is 5.03. The summed E-state index contributed by atoms with van der Waals surface area (Å²) >= 11 is 0. The van der Waals surface area contributed by atoms with E-state index >= 15 is 0 Å². The van der Waals surface area contributed by atoms with Gasteiger partial charge in [0.2, 0.25) is 0 Å². The van der Waals surface area contributed by atoms with Crippen LogP contribution in [-0.2, 0) is 0 Å². The summed E-state index contributed by atoms with van der Waals surface area (Å²) in [6.07, 6.45) is 14.1. The average Bonchev–Trinajstić information content (AvgIpc) is 3.02. The molecular weight excluding hydrogens is 336 g/mol. The largest absolute Gasteiger partial charge is 0.0683 e. The van der Waals surface area contributed by atoms with Gasteiger partial charge in [-0.05, 0) is 85.4 Å². The molecule has 0 saturated heterocycles. The van der Waals surface area contributed by atoms with Gasteiger partial charge in [-0.1, -0.05) is 95.4 Å². The van der Waals surface area contributed by atoms with E-state index in [9.17, 15) is 0 Å². The molecule has 0 spiro atoms. The van der Waals surface area contributed by atoms with Gasteiger partial charge in [-0.2, -0.15) is 0 Å². The summed E-state index contributed by atoms with van der Waals surface area (Å²) in [6.45, 7) is 23.7. The lowest BCUT2D eigenvalue weighted by Gasteiger charge is -2.52. The lowest BCUT2D eigenvalue weighted by atomic mass is 9.53. The van der Waals surface area contributed by atoms with Crippen molar-refractivity contribution in [3.63, 3.8) is 0 Å². The molecule has 0 amide bonds. The summed E-state index contributed by atoms with van der Waals surface area (Å²) in [7, 11) is 0. The predicted molar refractivity (Wildman–Crippen MR) is 131 cm³/mol. The lowest BCUT2D eigenvalue weighted by molar-refractivity contribution is -0.0234. The molecule has 0 radical (unpaired) electrons. The Hall–Kier alpha value is 0. The maximum atomic E-state index is 2.57. The highest BCUT2D eigenvalue weighted by Gasteiger charge is 2.54. The van der Waals surface area contributed by atoms with Crippen LogP contribution in [0.25, 0.3) is 0 Å². The Morgan fingerprint density at radius 3 is 1.57 bits per heavy atom. The van der Waals surface area contributed by atoms with Gasteiger partial charge in [-0.3, -0.25) is 0 Å². The molecule has 7 unspecified atom stereocenters. The van der Waals surface area contributed by atoms with Crippen molar-refractivity contribution in [2.75, 3.05) is 0 Å². The molecule has 4 fully saturated rings. The molecule has 0 N–H and O–H groups in total. The van der Waals surface area contributed by atoms with Crippen molar-refractivity contribution in [3.8, 4) is 0 Å². The molecule has 28 heavy (non-hydrogen) atoms. The Morgan fingerprint density at radius 2 is 0.964 bits per heavy atom. The van der Waals surface area contributed by atoms with E-state index in [2.05, 4.69) is 20.8 Å². The number of hydrogen-bond acceptors (Lipinski definition) is 0. The lowest BCUT2D eigenvalue weighted by Crippen LogP contribution is -2.43. The van der Waals surface area contributed by atoms with Gasteiger partial charge in [-0.15, -0.1) is 0 Å². The van der Waals surface area contributed by atoms with Crippen LogP contribution in [0.4, 0.5) is 0 Å². The summed E-state index contributed by atoms with van der Waals surface area (Å²) in [5.41, 5.74) is 0.619. The topological polar surface area (TPSA) is 0 Å². The molecule has 0 bridgehead atoms. The monoisotopic (exact) mass is 394 g/mol. The maximum absolute atomic E-state index is 2.57. The smallest absolute Gasteiger partial charge is 0.0323 e. The first-order valence-corrected chi connectivity index (χ1v) is 13.6. The van der Waals surface area contributed by atoms with Crippen LogP contribution in [0.15, 0.2) is 0 Å². The maximum Gasteiger partial charge on any atom is -0.0323 e. The minimum atomic E-state index is 0.619. The zero-order valence-electron chi connectivity index (χ0n) is 21.9. The molecule has 7 atom stereocenters. The van der Waals surface area contributed by atoms with E-state index in [1.54, 1.807) is 44.9 Å². The number of rotatable bonds is 0. The van der Waals surface area contributed by atoms with E-state index in [0.29, 0.717) is 5.41 Å². The minimum Gasteiger partial charge on any atom is -0.0683 e. The highest BCUT2D eigenvalue weighted by atomic mass is 14.6. The van der Waals surface area contributed by atoms with Crippen molar-refractivity contribution in [3.05, 3.63) is 0 Å². The summed E-state index contributed by atoms with van der Waals surface area (Å²) in [5.74, 6) is 7.68. The zero-order valence-corrected chi connectivity index (χ0v) is 21.9. The number of fused-ring (bicyclic) bond motifs is 5. The van der Waals surface area contributed by atoms with Gasteiger partial charge in [0.05, 0.1) is 0 Å². The molecule has 0 aliphatic heterocycles. The molecule has 170 valence electrons. The van der Waals surface area contributed by atoms with E-state index < -0.39 is 0 Å². The van der Waals surface area contributed by atoms with Crippen molar-refractivity contribution in [1.29, 1.82) is 0 Å². The molecule has 0 aromatic rings. The molecule has 0 aromatic carbocycles. The fraction of sp³-hybridized carbons (Fsp3) is 1.00. The molecule has 0 nitrogen and oxygen atoms in total. The second-order valence-corrected chi connectivity index (χ2v) is 9.50. The Morgan fingerprint density at radius 1 is 0.500 bits per heavy atom. The quantitative estimate of drug-likeness (QED) is 0.383. The van der Waals surface area contributed by atoms with Crippen LogP contribution in [0, 0.1) is 46.8 Å².